The number of piperidine rings is 1. The highest BCUT2D eigenvalue weighted by molar-refractivity contribution is 7.88. The van der Waals surface area contributed by atoms with E-state index in [1.807, 2.05) is 0 Å². The summed E-state index contributed by atoms with van der Waals surface area (Å²) in [7, 11) is -1.82. The molecule has 1 unspecified atom stereocenters. The Hall–Kier alpha value is -3.06. The molecule has 3 rings (SSSR count). The zero-order valence-corrected chi connectivity index (χ0v) is 17.3. The van der Waals surface area contributed by atoms with Crippen molar-refractivity contribution in [2.45, 2.75) is 25.3 Å². The molecule has 0 bridgehead atoms. The molecule has 0 aliphatic carbocycles. The van der Waals surface area contributed by atoms with Crippen molar-refractivity contribution in [3.05, 3.63) is 50.7 Å². The minimum Gasteiger partial charge on any atom is -0.324 e. The van der Waals surface area contributed by atoms with Crippen LogP contribution in [-0.4, -0.2) is 57.2 Å². The van der Waals surface area contributed by atoms with Crippen LogP contribution in [-0.2, 0) is 28.4 Å². The van der Waals surface area contributed by atoms with E-state index in [2.05, 4.69) is 10.4 Å². The molecule has 1 aromatic heterocycles. The number of carbonyl (C=O) groups is 1. The van der Waals surface area contributed by atoms with Gasteiger partial charge in [-0.25, -0.2) is 22.2 Å². The van der Waals surface area contributed by atoms with Crippen molar-refractivity contribution in [2.75, 3.05) is 24.7 Å². The number of carbonyl (C=O) groups excluding carboxylic acids is 1. The van der Waals surface area contributed by atoms with Crippen LogP contribution in [0.2, 0.25) is 0 Å². The minimum atomic E-state index is -3.35. The molecule has 0 radical (unpaired) electrons. The Bertz CT molecular complexity index is 1140. The van der Waals surface area contributed by atoms with Gasteiger partial charge in [0.1, 0.15) is 12.4 Å². The quantitative estimate of drug-likeness (QED) is 0.502. The molecule has 1 amide bonds. The first kappa shape index (κ1) is 21.6. The first-order chi connectivity index (χ1) is 14.1. The van der Waals surface area contributed by atoms with Crippen LogP contribution in [0, 0.1) is 10.1 Å². The van der Waals surface area contributed by atoms with Crippen molar-refractivity contribution in [3.8, 4) is 0 Å². The molecule has 1 saturated heterocycles. The molecule has 0 spiro atoms. The number of nitrogens with zero attached hydrogens (tertiary/aromatic N) is 5. The molecule has 1 atom stereocenters. The Kier molecular flexibility index (Phi) is 6.03. The Morgan fingerprint density at radius 3 is 2.80 bits per heavy atom. The van der Waals surface area contributed by atoms with Gasteiger partial charge in [0, 0.05) is 43.9 Å². The summed E-state index contributed by atoms with van der Waals surface area (Å²) in [6.45, 7) is 0.274. The molecule has 30 heavy (non-hydrogen) atoms. The fourth-order valence-corrected chi connectivity index (χ4v) is 4.36. The molecule has 12 nitrogen and oxygen atoms in total. The molecule has 1 fully saturated rings. The summed E-state index contributed by atoms with van der Waals surface area (Å²) < 4.78 is 27.4. The van der Waals surface area contributed by atoms with Gasteiger partial charge in [-0.2, -0.15) is 5.10 Å². The largest absolute Gasteiger partial charge is 0.346 e. The van der Waals surface area contributed by atoms with Gasteiger partial charge in [-0.3, -0.25) is 19.5 Å². The van der Waals surface area contributed by atoms with E-state index >= 15 is 0 Å². The third kappa shape index (κ3) is 4.74. The highest BCUT2D eigenvalue weighted by Crippen LogP contribution is 2.26. The number of nitro groups is 1. The minimum absolute atomic E-state index is 0.169. The molecular formula is C17H22N6O6S. The number of benzene rings is 1. The molecular weight excluding hydrogens is 416 g/mol. The Morgan fingerprint density at radius 1 is 1.40 bits per heavy atom. The Morgan fingerprint density at radius 2 is 2.13 bits per heavy atom. The number of anilines is 1. The number of sulfonamides is 1. The maximum Gasteiger partial charge on any atom is 0.346 e. The maximum atomic E-state index is 12.5. The molecule has 1 aliphatic heterocycles. The summed E-state index contributed by atoms with van der Waals surface area (Å²) in [5.41, 5.74) is -0.442. The van der Waals surface area contributed by atoms with Gasteiger partial charge in [0.15, 0.2) is 0 Å². The maximum absolute atomic E-state index is 12.5. The molecule has 1 aromatic carbocycles. The van der Waals surface area contributed by atoms with Crippen LogP contribution in [0.1, 0.15) is 24.6 Å². The number of aromatic nitrogens is 3. The zero-order valence-electron chi connectivity index (χ0n) is 16.5. The second kappa shape index (κ2) is 8.36. The summed E-state index contributed by atoms with van der Waals surface area (Å²) in [5, 5.41) is 17.6. The van der Waals surface area contributed by atoms with Crippen molar-refractivity contribution in [1.82, 2.24) is 18.7 Å². The topological polar surface area (TPSA) is 149 Å². The lowest BCUT2D eigenvalue weighted by molar-refractivity contribution is -0.384. The van der Waals surface area contributed by atoms with Crippen LogP contribution < -0.4 is 11.0 Å². The van der Waals surface area contributed by atoms with Crippen molar-refractivity contribution in [1.29, 1.82) is 0 Å². The highest BCUT2D eigenvalue weighted by Gasteiger charge is 2.30. The predicted molar refractivity (Wildman–Crippen MR) is 108 cm³/mol. The third-order valence-electron chi connectivity index (χ3n) is 4.93. The number of hydrogen-bond donors (Lipinski definition) is 1. The van der Waals surface area contributed by atoms with Gasteiger partial charge in [0.05, 0.1) is 11.2 Å². The van der Waals surface area contributed by atoms with Gasteiger partial charge in [0.2, 0.25) is 15.9 Å². The molecule has 1 N–H and O–H groups in total. The van der Waals surface area contributed by atoms with Crippen molar-refractivity contribution in [2.24, 2.45) is 7.05 Å². The number of nitro benzene ring substituents is 1. The van der Waals surface area contributed by atoms with Crippen molar-refractivity contribution >= 4 is 27.3 Å². The van der Waals surface area contributed by atoms with E-state index in [1.54, 1.807) is 0 Å². The van der Waals surface area contributed by atoms with Crippen molar-refractivity contribution in [3.63, 3.8) is 0 Å². The lowest BCUT2D eigenvalue weighted by atomic mass is 9.99. The number of non-ortho nitro benzene ring substituents is 1. The predicted octanol–water partition coefficient (Wildman–Crippen LogP) is 0.268. The second-order valence-electron chi connectivity index (χ2n) is 7.17. The number of amides is 1. The molecule has 0 saturated carbocycles. The van der Waals surface area contributed by atoms with Gasteiger partial charge in [-0.15, -0.1) is 0 Å². The normalized spacial score (nSPS) is 17.6. The Balaban J connectivity index is 1.75. The van der Waals surface area contributed by atoms with E-state index in [9.17, 15) is 28.1 Å². The standard InChI is InChI=1S/C17H22N6O6S/c1-20-16(12-5-4-8-21(10-12)30(2,28)29)19-22(17(20)25)11-15(24)18-13-6-3-7-14(9-13)23(26)27/h3,6-7,9,12H,4-5,8,10-11H2,1-2H3,(H,18,24). The summed E-state index contributed by atoms with van der Waals surface area (Å²) in [4.78, 5) is 35.1. The van der Waals surface area contributed by atoms with Gasteiger partial charge >= 0.3 is 5.69 Å². The van der Waals surface area contributed by atoms with Crippen LogP contribution >= 0.6 is 0 Å². The van der Waals surface area contributed by atoms with Crippen LogP contribution in [0.25, 0.3) is 0 Å². The first-order valence-electron chi connectivity index (χ1n) is 9.19. The summed E-state index contributed by atoms with van der Waals surface area (Å²) in [6, 6.07) is 5.45. The highest BCUT2D eigenvalue weighted by atomic mass is 32.2. The van der Waals surface area contributed by atoms with Gasteiger partial charge in [-0.1, -0.05) is 6.07 Å². The smallest absolute Gasteiger partial charge is 0.324 e. The van der Waals surface area contributed by atoms with E-state index in [0.717, 1.165) is 10.9 Å². The third-order valence-corrected chi connectivity index (χ3v) is 6.20. The monoisotopic (exact) mass is 438 g/mol. The average molecular weight is 438 g/mol. The second-order valence-corrected chi connectivity index (χ2v) is 9.16. The van der Waals surface area contributed by atoms with Gasteiger partial charge < -0.3 is 5.32 Å². The SMILES string of the molecule is Cn1c(C2CCCN(S(C)(=O)=O)C2)nn(CC(=O)Nc2cccc([N+](=O)[O-])c2)c1=O. The van der Waals surface area contributed by atoms with Crippen LogP contribution in [0.4, 0.5) is 11.4 Å². The van der Waals surface area contributed by atoms with Crippen LogP contribution in [0.5, 0.6) is 0 Å². The molecule has 162 valence electrons. The number of hydrogen-bond acceptors (Lipinski definition) is 7. The zero-order chi connectivity index (χ0) is 22.1. The van der Waals surface area contributed by atoms with Gasteiger partial charge in [0.25, 0.3) is 5.69 Å². The fourth-order valence-electron chi connectivity index (χ4n) is 3.45. The molecule has 2 aromatic rings. The Labute approximate surface area is 172 Å². The van der Waals surface area contributed by atoms with E-state index in [-0.39, 0.29) is 30.4 Å². The van der Waals surface area contributed by atoms with E-state index in [1.165, 1.54) is 40.2 Å². The van der Waals surface area contributed by atoms with Crippen molar-refractivity contribution < 1.29 is 18.1 Å². The first-order valence-corrected chi connectivity index (χ1v) is 11.0. The summed E-state index contributed by atoms with van der Waals surface area (Å²) >= 11 is 0. The molecule has 13 heteroatoms. The number of nitrogens with one attached hydrogen (secondary N) is 1. The number of rotatable bonds is 6. The average Bonchev–Trinajstić information content (AvgIpc) is 2.96. The van der Waals surface area contributed by atoms with Crippen LogP contribution in [0.3, 0.4) is 0 Å². The van der Waals surface area contributed by atoms with Gasteiger partial charge in [-0.05, 0) is 18.9 Å². The summed E-state index contributed by atoms with van der Waals surface area (Å²) in [5.74, 6) is -0.410. The van der Waals surface area contributed by atoms with E-state index < -0.39 is 26.5 Å². The molecule has 2 heterocycles. The summed E-state index contributed by atoms with van der Waals surface area (Å²) in [6.07, 6.45) is 2.47. The fraction of sp³-hybridized carbons (Fsp3) is 0.471. The molecule has 1 aliphatic rings. The lowest BCUT2D eigenvalue weighted by Crippen LogP contribution is -2.39. The van der Waals surface area contributed by atoms with E-state index in [0.29, 0.717) is 25.2 Å². The van der Waals surface area contributed by atoms with Crippen LogP contribution in [0.15, 0.2) is 29.1 Å². The van der Waals surface area contributed by atoms with E-state index in [4.69, 9.17) is 0 Å². The lowest BCUT2D eigenvalue weighted by Gasteiger charge is -2.30.